The Balaban J connectivity index is 2.53. The highest BCUT2D eigenvalue weighted by atomic mass is 16.3. The summed E-state index contributed by atoms with van der Waals surface area (Å²) in [6, 6.07) is 7.25. The summed E-state index contributed by atoms with van der Waals surface area (Å²) in [6.45, 7) is 0. The van der Waals surface area contributed by atoms with Gasteiger partial charge in [0.1, 0.15) is 12.0 Å². The van der Waals surface area contributed by atoms with Gasteiger partial charge >= 0.3 is 0 Å². The first-order valence-corrected chi connectivity index (χ1v) is 4.65. The summed E-state index contributed by atoms with van der Waals surface area (Å²) >= 11 is 0. The van der Waals surface area contributed by atoms with Crippen LogP contribution >= 0.6 is 0 Å². The quantitative estimate of drug-likeness (QED) is 0.591. The summed E-state index contributed by atoms with van der Waals surface area (Å²) < 4.78 is 0. The third-order valence-electron chi connectivity index (χ3n) is 2.50. The van der Waals surface area contributed by atoms with E-state index in [-0.39, 0.29) is 5.88 Å². The van der Waals surface area contributed by atoms with Crippen molar-refractivity contribution in [3.05, 3.63) is 30.1 Å². The van der Waals surface area contributed by atoms with E-state index in [1.54, 1.807) is 18.2 Å². The van der Waals surface area contributed by atoms with Crippen molar-refractivity contribution in [2.75, 3.05) is 0 Å². The second-order valence-corrected chi connectivity index (χ2v) is 3.42. The summed E-state index contributed by atoms with van der Waals surface area (Å²) in [5.74, 6) is -0.0547. The number of rotatable bonds is 0. The summed E-state index contributed by atoms with van der Waals surface area (Å²) in [6.07, 6.45) is 1.29. The number of nitrogens with one attached hydrogen (secondary N) is 1. The van der Waals surface area contributed by atoms with Gasteiger partial charge in [-0.2, -0.15) is 5.26 Å². The van der Waals surface area contributed by atoms with Gasteiger partial charge in [0, 0.05) is 10.9 Å². The topological polar surface area (TPSA) is 85.6 Å². The molecular formula is C11H6N4O. The molecule has 5 heteroatoms. The molecule has 0 saturated heterocycles. The monoisotopic (exact) mass is 210 g/mol. The van der Waals surface area contributed by atoms with Crippen LogP contribution < -0.4 is 0 Å². The summed E-state index contributed by atoms with van der Waals surface area (Å²) in [5, 5.41) is 19.8. The number of aromatic nitrogens is 3. The van der Waals surface area contributed by atoms with Crippen molar-refractivity contribution in [2.24, 2.45) is 0 Å². The Labute approximate surface area is 90.0 Å². The van der Waals surface area contributed by atoms with Gasteiger partial charge in [0.15, 0.2) is 0 Å². The van der Waals surface area contributed by atoms with Crippen LogP contribution in [-0.2, 0) is 0 Å². The first-order chi connectivity index (χ1) is 7.79. The van der Waals surface area contributed by atoms with E-state index in [4.69, 9.17) is 5.26 Å². The maximum Gasteiger partial charge on any atom is 0.224 e. The molecule has 0 aliphatic carbocycles. The van der Waals surface area contributed by atoms with Crippen molar-refractivity contribution in [3.8, 4) is 11.9 Å². The fourth-order valence-corrected chi connectivity index (χ4v) is 1.78. The van der Waals surface area contributed by atoms with E-state index >= 15 is 0 Å². The van der Waals surface area contributed by atoms with Crippen molar-refractivity contribution in [2.45, 2.75) is 0 Å². The number of hydrogen-bond donors (Lipinski definition) is 2. The molecule has 0 saturated carbocycles. The normalized spacial score (nSPS) is 10.7. The van der Waals surface area contributed by atoms with Crippen LogP contribution in [0.3, 0.4) is 0 Å². The molecule has 1 aromatic carbocycles. The smallest absolute Gasteiger partial charge is 0.224 e. The Kier molecular flexibility index (Phi) is 1.59. The molecule has 0 amide bonds. The summed E-state index contributed by atoms with van der Waals surface area (Å²) in [7, 11) is 0. The standard InChI is InChI=1S/C11H6N4O/c12-4-6-1-2-7-8(3-6)15-10-9(7)11(16)14-5-13-10/h1-3,5H,(H2,13,14,15,16). The van der Waals surface area contributed by atoms with Gasteiger partial charge in [0.25, 0.3) is 0 Å². The minimum atomic E-state index is -0.0547. The van der Waals surface area contributed by atoms with Crippen LogP contribution in [0.2, 0.25) is 0 Å². The first kappa shape index (κ1) is 8.68. The number of nitriles is 1. The number of benzene rings is 1. The van der Waals surface area contributed by atoms with Crippen LogP contribution in [-0.4, -0.2) is 20.1 Å². The van der Waals surface area contributed by atoms with E-state index in [2.05, 4.69) is 21.0 Å². The van der Waals surface area contributed by atoms with Gasteiger partial charge in [-0.3, -0.25) is 0 Å². The molecule has 76 valence electrons. The highest BCUT2D eigenvalue weighted by molar-refractivity contribution is 6.08. The second-order valence-electron chi connectivity index (χ2n) is 3.42. The molecule has 0 bridgehead atoms. The maximum atomic E-state index is 9.65. The molecule has 0 radical (unpaired) electrons. The molecule has 3 aromatic rings. The van der Waals surface area contributed by atoms with Gasteiger partial charge in [0.2, 0.25) is 5.88 Å². The number of H-pyrrole nitrogens is 1. The number of fused-ring (bicyclic) bond motifs is 3. The van der Waals surface area contributed by atoms with Gasteiger partial charge in [-0.15, -0.1) is 0 Å². The molecule has 3 rings (SSSR count). The molecule has 2 heterocycles. The lowest BCUT2D eigenvalue weighted by atomic mass is 10.1. The zero-order chi connectivity index (χ0) is 11.1. The van der Waals surface area contributed by atoms with E-state index < -0.39 is 0 Å². The summed E-state index contributed by atoms with van der Waals surface area (Å²) in [5.41, 5.74) is 1.90. The van der Waals surface area contributed by atoms with Crippen LogP contribution in [0.25, 0.3) is 21.9 Å². The fourth-order valence-electron chi connectivity index (χ4n) is 1.78. The molecule has 5 nitrogen and oxygen atoms in total. The van der Waals surface area contributed by atoms with E-state index in [9.17, 15) is 5.11 Å². The first-order valence-electron chi connectivity index (χ1n) is 4.65. The minimum Gasteiger partial charge on any atom is -0.493 e. The Morgan fingerprint density at radius 3 is 3.00 bits per heavy atom. The Morgan fingerprint density at radius 1 is 1.31 bits per heavy atom. The molecule has 0 atom stereocenters. The highest BCUT2D eigenvalue weighted by Crippen LogP contribution is 2.29. The zero-order valence-corrected chi connectivity index (χ0v) is 8.10. The molecule has 0 fully saturated rings. The maximum absolute atomic E-state index is 9.65. The second kappa shape index (κ2) is 2.94. The SMILES string of the molecule is N#Cc1ccc2c(c1)[nH]c1ncnc(O)c12. The number of aromatic amines is 1. The van der Waals surface area contributed by atoms with Gasteiger partial charge in [-0.05, 0) is 12.1 Å². The highest BCUT2D eigenvalue weighted by Gasteiger charge is 2.10. The van der Waals surface area contributed by atoms with Crippen LogP contribution in [0.15, 0.2) is 24.5 Å². The molecule has 2 aromatic heterocycles. The lowest BCUT2D eigenvalue weighted by Gasteiger charge is -1.93. The molecular weight excluding hydrogens is 204 g/mol. The Hall–Kier alpha value is -2.61. The van der Waals surface area contributed by atoms with Crippen molar-refractivity contribution in [3.63, 3.8) is 0 Å². The van der Waals surface area contributed by atoms with Gasteiger partial charge < -0.3 is 10.1 Å². The van der Waals surface area contributed by atoms with Crippen molar-refractivity contribution >= 4 is 21.9 Å². The lowest BCUT2D eigenvalue weighted by molar-refractivity contribution is 0.459. The molecule has 0 aliphatic rings. The Bertz CT molecular complexity index is 739. The Morgan fingerprint density at radius 2 is 2.19 bits per heavy atom. The third-order valence-corrected chi connectivity index (χ3v) is 2.50. The average molecular weight is 210 g/mol. The van der Waals surface area contributed by atoms with E-state index in [1.807, 2.05) is 0 Å². The zero-order valence-electron chi connectivity index (χ0n) is 8.10. The van der Waals surface area contributed by atoms with E-state index in [1.165, 1.54) is 6.33 Å². The molecule has 16 heavy (non-hydrogen) atoms. The van der Waals surface area contributed by atoms with Gasteiger partial charge in [0.05, 0.1) is 17.0 Å². The van der Waals surface area contributed by atoms with Crippen molar-refractivity contribution in [1.29, 1.82) is 5.26 Å². The number of nitrogens with zero attached hydrogens (tertiary/aromatic N) is 3. The van der Waals surface area contributed by atoms with E-state index in [0.717, 1.165) is 10.9 Å². The van der Waals surface area contributed by atoms with Crippen LogP contribution in [0, 0.1) is 11.3 Å². The molecule has 2 N–H and O–H groups in total. The van der Waals surface area contributed by atoms with Gasteiger partial charge in [-0.25, -0.2) is 9.97 Å². The number of aromatic hydroxyl groups is 1. The third kappa shape index (κ3) is 1.04. The predicted molar refractivity (Wildman–Crippen MR) is 57.8 cm³/mol. The van der Waals surface area contributed by atoms with Crippen molar-refractivity contribution < 1.29 is 5.11 Å². The molecule has 0 aliphatic heterocycles. The van der Waals surface area contributed by atoms with Crippen LogP contribution in [0.5, 0.6) is 5.88 Å². The minimum absolute atomic E-state index is 0.0547. The molecule has 0 unspecified atom stereocenters. The van der Waals surface area contributed by atoms with E-state index in [0.29, 0.717) is 16.6 Å². The predicted octanol–water partition coefficient (Wildman–Crippen LogP) is 1.69. The van der Waals surface area contributed by atoms with Gasteiger partial charge in [-0.1, -0.05) is 6.07 Å². The van der Waals surface area contributed by atoms with Crippen LogP contribution in [0.1, 0.15) is 5.56 Å². The average Bonchev–Trinajstić information content (AvgIpc) is 2.67. The van der Waals surface area contributed by atoms with Crippen molar-refractivity contribution in [1.82, 2.24) is 15.0 Å². The lowest BCUT2D eigenvalue weighted by Crippen LogP contribution is -1.79. The number of hydrogen-bond acceptors (Lipinski definition) is 4. The van der Waals surface area contributed by atoms with Crippen LogP contribution in [0.4, 0.5) is 0 Å². The molecule has 0 spiro atoms. The largest absolute Gasteiger partial charge is 0.493 e. The summed E-state index contributed by atoms with van der Waals surface area (Å²) in [4.78, 5) is 10.8. The fraction of sp³-hybridized carbons (Fsp3) is 0.